The number of aryl methyl sites for hydroxylation is 2. The van der Waals surface area contributed by atoms with Crippen molar-refractivity contribution in [3.63, 3.8) is 0 Å². The molecule has 2 aromatic rings. The van der Waals surface area contributed by atoms with Crippen LogP contribution in [0.25, 0.3) is 5.69 Å². The van der Waals surface area contributed by atoms with Gasteiger partial charge in [-0.1, -0.05) is 29.5 Å². The maximum absolute atomic E-state index is 11.6. The Kier molecular flexibility index (Phi) is 3.96. The molecule has 1 N–H and O–H groups in total. The van der Waals surface area contributed by atoms with E-state index in [1.165, 1.54) is 11.8 Å². The summed E-state index contributed by atoms with van der Waals surface area (Å²) >= 11 is 1.20. The number of nitrogens with zero attached hydrogens (tertiary/aromatic N) is 4. The van der Waals surface area contributed by atoms with Crippen LogP contribution < -0.4 is 0 Å². The molecule has 0 unspecified atom stereocenters. The van der Waals surface area contributed by atoms with Crippen molar-refractivity contribution in [2.24, 2.45) is 0 Å². The molecule has 9 heteroatoms. The Balaban J connectivity index is 1.90. The monoisotopic (exact) mass is 340 g/mol. The summed E-state index contributed by atoms with van der Waals surface area (Å²) in [5.74, 6) is -0.256. The maximum atomic E-state index is 11.6. The first-order valence-electron chi connectivity index (χ1n) is 6.77. The van der Waals surface area contributed by atoms with Crippen molar-refractivity contribution < 1.29 is 13.5 Å². The van der Waals surface area contributed by atoms with Gasteiger partial charge in [-0.05, 0) is 35.9 Å². The van der Waals surface area contributed by atoms with Crippen LogP contribution in [0.1, 0.15) is 11.1 Å². The summed E-state index contributed by atoms with van der Waals surface area (Å²) in [4.78, 5) is 0. The van der Waals surface area contributed by atoms with Crippen LogP contribution in [0.4, 0.5) is 0 Å². The zero-order chi connectivity index (χ0) is 15.9. The van der Waals surface area contributed by atoms with Gasteiger partial charge < -0.3 is 5.11 Å². The summed E-state index contributed by atoms with van der Waals surface area (Å²) < 4.78 is 24.8. The SMILES string of the molecule is Cc1ccc(-n2nnnc2S[C@H]2CS(=O)(=O)C[C@H]2O)c(C)c1. The minimum absolute atomic E-state index is 0.0570. The predicted octanol–water partition coefficient (Wildman–Crippen LogP) is 0.529. The van der Waals surface area contributed by atoms with Crippen molar-refractivity contribution in [2.75, 3.05) is 11.5 Å². The van der Waals surface area contributed by atoms with Crippen LogP contribution in [-0.4, -0.2) is 56.6 Å². The van der Waals surface area contributed by atoms with Gasteiger partial charge in [0.2, 0.25) is 5.16 Å². The Bertz CT molecular complexity index is 803. The molecular formula is C13H16N4O3S2. The fourth-order valence-corrected chi connectivity index (χ4v) is 5.96. The average Bonchev–Trinajstić information content (AvgIpc) is 2.94. The van der Waals surface area contributed by atoms with Gasteiger partial charge in [-0.15, -0.1) is 5.10 Å². The lowest BCUT2D eigenvalue weighted by Crippen LogP contribution is -2.20. The smallest absolute Gasteiger partial charge is 0.214 e. The van der Waals surface area contributed by atoms with E-state index >= 15 is 0 Å². The van der Waals surface area contributed by atoms with Crippen molar-refractivity contribution >= 4 is 21.6 Å². The minimum Gasteiger partial charge on any atom is -0.391 e. The molecule has 0 saturated carbocycles. The van der Waals surface area contributed by atoms with Crippen molar-refractivity contribution in [3.8, 4) is 5.69 Å². The highest BCUT2D eigenvalue weighted by atomic mass is 32.2. The Labute approximate surface area is 132 Å². The lowest BCUT2D eigenvalue weighted by Gasteiger charge is -2.12. The third-order valence-electron chi connectivity index (χ3n) is 3.55. The Hall–Kier alpha value is -1.45. The van der Waals surface area contributed by atoms with Gasteiger partial charge in [0.05, 0.1) is 28.5 Å². The van der Waals surface area contributed by atoms with E-state index in [4.69, 9.17) is 0 Å². The second-order valence-electron chi connectivity index (χ2n) is 5.46. The van der Waals surface area contributed by atoms with E-state index in [0.717, 1.165) is 16.8 Å². The van der Waals surface area contributed by atoms with E-state index in [9.17, 15) is 13.5 Å². The number of aliphatic hydroxyl groups is 1. The lowest BCUT2D eigenvalue weighted by atomic mass is 10.1. The number of rotatable bonds is 3. The van der Waals surface area contributed by atoms with Crippen LogP contribution >= 0.6 is 11.8 Å². The van der Waals surface area contributed by atoms with Crippen LogP contribution in [0.15, 0.2) is 23.4 Å². The molecule has 118 valence electrons. The molecule has 1 saturated heterocycles. The fraction of sp³-hybridized carbons (Fsp3) is 0.462. The van der Waals surface area contributed by atoms with Crippen molar-refractivity contribution in [1.82, 2.24) is 20.2 Å². The molecule has 3 rings (SSSR count). The van der Waals surface area contributed by atoms with E-state index in [1.807, 2.05) is 32.0 Å². The largest absolute Gasteiger partial charge is 0.391 e. The zero-order valence-corrected chi connectivity index (χ0v) is 13.8. The summed E-state index contributed by atoms with van der Waals surface area (Å²) in [6.45, 7) is 3.97. The van der Waals surface area contributed by atoms with Gasteiger partial charge in [0.25, 0.3) is 0 Å². The van der Waals surface area contributed by atoms with E-state index in [-0.39, 0.29) is 11.5 Å². The first kappa shape index (κ1) is 15.4. The summed E-state index contributed by atoms with van der Waals surface area (Å²) in [6.07, 6.45) is -0.890. The summed E-state index contributed by atoms with van der Waals surface area (Å²) in [5, 5.41) is 21.6. The topological polar surface area (TPSA) is 98.0 Å². The minimum atomic E-state index is -3.19. The molecule has 0 radical (unpaired) electrons. The van der Waals surface area contributed by atoms with Gasteiger partial charge >= 0.3 is 0 Å². The van der Waals surface area contributed by atoms with Crippen LogP contribution in [0.3, 0.4) is 0 Å². The summed E-state index contributed by atoms with van der Waals surface area (Å²) in [5.41, 5.74) is 3.00. The Morgan fingerprint density at radius 1 is 1.32 bits per heavy atom. The molecule has 2 heterocycles. The molecule has 0 spiro atoms. The van der Waals surface area contributed by atoms with Gasteiger partial charge in [-0.25, -0.2) is 8.42 Å². The van der Waals surface area contributed by atoms with E-state index in [2.05, 4.69) is 15.5 Å². The molecule has 0 aliphatic carbocycles. The van der Waals surface area contributed by atoms with Gasteiger partial charge in [0.15, 0.2) is 9.84 Å². The highest BCUT2D eigenvalue weighted by Crippen LogP contribution is 2.31. The number of sulfone groups is 1. The van der Waals surface area contributed by atoms with E-state index in [1.54, 1.807) is 4.68 Å². The van der Waals surface area contributed by atoms with E-state index in [0.29, 0.717) is 5.16 Å². The van der Waals surface area contributed by atoms with Crippen LogP contribution in [0.2, 0.25) is 0 Å². The van der Waals surface area contributed by atoms with Gasteiger partial charge in [-0.3, -0.25) is 0 Å². The first-order valence-corrected chi connectivity index (χ1v) is 9.47. The van der Waals surface area contributed by atoms with Gasteiger partial charge in [0, 0.05) is 0 Å². The molecule has 0 amide bonds. The van der Waals surface area contributed by atoms with Gasteiger partial charge in [0.1, 0.15) is 0 Å². The Morgan fingerprint density at radius 2 is 2.09 bits per heavy atom. The number of thioether (sulfide) groups is 1. The van der Waals surface area contributed by atoms with Crippen LogP contribution in [0.5, 0.6) is 0 Å². The lowest BCUT2D eigenvalue weighted by molar-refractivity contribution is 0.207. The molecule has 0 bridgehead atoms. The predicted molar refractivity (Wildman–Crippen MR) is 82.9 cm³/mol. The Morgan fingerprint density at radius 3 is 2.73 bits per heavy atom. The molecule has 1 aromatic carbocycles. The highest BCUT2D eigenvalue weighted by molar-refractivity contribution is 8.01. The summed E-state index contributed by atoms with van der Waals surface area (Å²) in [7, 11) is -3.19. The van der Waals surface area contributed by atoms with Crippen molar-refractivity contribution in [1.29, 1.82) is 0 Å². The second-order valence-corrected chi connectivity index (χ2v) is 8.82. The number of aliphatic hydroxyl groups excluding tert-OH is 1. The number of benzene rings is 1. The number of aromatic nitrogens is 4. The fourth-order valence-electron chi connectivity index (χ4n) is 2.49. The summed E-state index contributed by atoms with van der Waals surface area (Å²) in [6, 6.07) is 5.92. The van der Waals surface area contributed by atoms with Gasteiger partial charge in [-0.2, -0.15) is 4.68 Å². The quantitative estimate of drug-likeness (QED) is 0.870. The molecular weight excluding hydrogens is 324 g/mol. The van der Waals surface area contributed by atoms with Crippen molar-refractivity contribution in [3.05, 3.63) is 29.3 Å². The molecule has 1 fully saturated rings. The normalized spacial score (nSPS) is 23.8. The number of hydrogen-bond donors (Lipinski definition) is 1. The van der Waals surface area contributed by atoms with Crippen LogP contribution in [0, 0.1) is 13.8 Å². The third-order valence-corrected chi connectivity index (χ3v) is 6.73. The highest BCUT2D eigenvalue weighted by Gasteiger charge is 2.38. The zero-order valence-electron chi connectivity index (χ0n) is 12.2. The molecule has 7 nitrogen and oxygen atoms in total. The molecule has 1 aromatic heterocycles. The number of tetrazole rings is 1. The number of hydrogen-bond acceptors (Lipinski definition) is 7. The third kappa shape index (κ3) is 3.01. The second kappa shape index (κ2) is 5.64. The molecule has 22 heavy (non-hydrogen) atoms. The first-order chi connectivity index (χ1) is 10.4. The van der Waals surface area contributed by atoms with E-state index < -0.39 is 21.2 Å². The molecule has 1 aliphatic rings. The molecule has 1 aliphatic heterocycles. The van der Waals surface area contributed by atoms with Crippen molar-refractivity contribution in [2.45, 2.75) is 30.4 Å². The standard InChI is InChI=1S/C13H16N4O3S2/c1-8-3-4-10(9(2)5-8)17-13(14-15-16-17)21-12-7-22(19,20)6-11(12)18/h3-5,11-12,18H,6-7H2,1-2H3/t11-,12+/m1/s1. The average molecular weight is 340 g/mol. The van der Waals surface area contributed by atoms with Crippen LogP contribution in [-0.2, 0) is 9.84 Å². The maximum Gasteiger partial charge on any atom is 0.214 e. The molecule has 2 atom stereocenters.